The smallest absolute Gasteiger partial charge is 0.350 e. The van der Waals surface area contributed by atoms with E-state index in [1.807, 2.05) is 0 Å². The molecule has 4 N–H and O–H groups in total. The van der Waals surface area contributed by atoms with Gasteiger partial charge in [-0.3, -0.25) is 14.0 Å². The van der Waals surface area contributed by atoms with Crippen molar-refractivity contribution >= 4 is 34.5 Å². The van der Waals surface area contributed by atoms with Crippen molar-refractivity contribution in [3.05, 3.63) is 28.9 Å². The van der Waals surface area contributed by atoms with Crippen LogP contribution in [0.2, 0.25) is 0 Å². The van der Waals surface area contributed by atoms with Gasteiger partial charge in [0, 0.05) is 19.9 Å². The van der Waals surface area contributed by atoms with Crippen LogP contribution in [0.25, 0.3) is 11.0 Å². The highest BCUT2D eigenvalue weighted by Gasteiger charge is 2.41. The maximum absolute atomic E-state index is 12.7. The number of nitrogens with zero attached hydrogens (tertiary/aromatic N) is 6. The molecular formula is C11H13N6O12P3. The van der Waals surface area contributed by atoms with E-state index in [-0.39, 0.29) is 16.7 Å². The van der Waals surface area contributed by atoms with Crippen LogP contribution in [0.5, 0.6) is 0 Å². The minimum absolute atomic E-state index is 0.0116. The molecule has 32 heavy (non-hydrogen) atoms. The highest BCUT2D eigenvalue weighted by Crippen LogP contribution is 2.66. The number of phosphoric acid groups is 3. The number of aryl methyl sites for hydroxylation is 1. The summed E-state index contributed by atoms with van der Waals surface area (Å²) in [7, 11) is -15.1. The van der Waals surface area contributed by atoms with Gasteiger partial charge < -0.3 is 24.3 Å². The number of nitriles is 1. The van der Waals surface area contributed by atoms with Crippen LogP contribution < -0.4 is 5.56 Å². The molecule has 0 aliphatic carbocycles. The van der Waals surface area contributed by atoms with Crippen LogP contribution in [0.3, 0.4) is 0 Å². The lowest BCUT2D eigenvalue weighted by Gasteiger charge is -2.18. The van der Waals surface area contributed by atoms with Crippen molar-refractivity contribution in [1.82, 2.24) is 24.8 Å². The molecule has 0 aromatic carbocycles. The Kier molecular flexibility index (Phi) is 6.83. The van der Waals surface area contributed by atoms with E-state index in [2.05, 4.69) is 28.6 Å². The number of phosphoric ester groups is 1. The van der Waals surface area contributed by atoms with Crippen LogP contribution in [0.15, 0.2) is 4.79 Å². The Hall–Kier alpha value is -1.86. The first-order valence-corrected chi connectivity index (χ1v) is 12.6. The zero-order valence-electron chi connectivity index (χ0n) is 15.6. The molecule has 1 fully saturated rings. The number of ether oxygens (including phenoxy) is 1. The molecule has 4 atom stereocenters. The molecule has 3 rings (SSSR count). The second kappa shape index (κ2) is 8.82. The Bertz CT molecular complexity index is 1280. The number of rotatable bonds is 8. The SMILES string of the molecule is Cn1nc(C#N)c2nnn(C3[CH][CH]C(COP(=O)(O)OP(=O)(O)OP(=O)(O)O)O3)c(=O)c21. The van der Waals surface area contributed by atoms with Crippen LogP contribution in [0.4, 0.5) is 0 Å². The molecule has 0 amide bonds. The van der Waals surface area contributed by atoms with Crippen molar-refractivity contribution in [3.63, 3.8) is 0 Å². The van der Waals surface area contributed by atoms with Gasteiger partial charge in [-0.05, 0) is 0 Å². The second-order valence-corrected chi connectivity index (χ2v) is 10.4. The Labute approximate surface area is 177 Å². The third kappa shape index (κ3) is 5.73. The van der Waals surface area contributed by atoms with E-state index in [9.17, 15) is 23.4 Å². The molecule has 1 aliphatic rings. The Morgan fingerprint density at radius 1 is 1.19 bits per heavy atom. The fourth-order valence-electron chi connectivity index (χ4n) is 2.52. The molecule has 2 radical (unpaired) electrons. The summed E-state index contributed by atoms with van der Waals surface area (Å²) in [5.41, 5.74) is -0.835. The van der Waals surface area contributed by atoms with Crippen molar-refractivity contribution in [3.8, 4) is 6.07 Å². The lowest BCUT2D eigenvalue weighted by Crippen LogP contribution is -2.30. The van der Waals surface area contributed by atoms with Crippen LogP contribution in [-0.4, -0.2) is 57.1 Å². The Morgan fingerprint density at radius 2 is 1.88 bits per heavy atom. The quantitative estimate of drug-likeness (QED) is 0.309. The van der Waals surface area contributed by atoms with Gasteiger partial charge in [0.25, 0.3) is 5.56 Å². The molecule has 0 saturated carbocycles. The van der Waals surface area contributed by atoms with Crippen LogP contribution in [-0.2, 0) is 38.6 Å². The lowest BCUT2D eigenvalue weighted by atomic mass is 10.2. The van der Waals surface area contributed by atoms with Gasteiger partial charge >= 0.3 is 23.5 Å². The molecule has 1 saturated heterocycles. The van der Waals surface area contributed by atoms with Crippen molar-refractivity contribution in [2.75, 3.05) is 6.61 Å². The number of hydrogen-bond acceptors (Lipinski definition) is 12. The average Bonchev–Trinajstić information content (AvgIpc) is 3.22. The third-order valence-electron chi connectivity index (χ3n) is 3.64. The predicted molar refractivity (Wildman–Crippen MR) is 97.6 cm³/mol. The molecule has 2 aromatic rings. The number of fused-ring (bicyclic) bond motifs is 1. The molecule has 0 bridgehead atoms. The highest BCUT2D eigenvalue weighted by atomic mass is 31.3. The van der Waals surface area contributed by atoms with Crippen molar-refractivity contribution < 1.29 is 51.2 Å². The fraction of sp³-hybridized carbons (Fsp3) is 0.364. The summed E-state index contributed by atoms with van der Waals surface area (Å²) in [6.45, 7) is -0.745. The van der Waals surface area contributed by atoms with Gasteiger partial charge in [0.1, 0.15) is 6.07 Å². The van der Waals surface area contributed by atoms with Crippen molar-refractivity contribution in [1.29, 1.82) is 5.26 Å². The molecule has 18 nitrogen and oxygen atoms in total. The molecular weight excluding hydrogens is 501 g/mol. The van der Waals surface area contributed by atoms with E-state index in [1.165, 1.54) is 19.9 Å². The molecule has 3 heterocycles. The zero-order chi connectivity index (χ0) is 23.9. The summed E-state index contributed by atoms with van der Waals surface area (Å²) in [4.78, 5) is 48.2. The first kappa shape index (κ1) is 24.8. The maximum atomic E-state index is 12.7. The van der Waals surface area contributed by atoms with Crippen LogP contribution >= 0.6 is 23.5 Å². The molecule has 2 aromatic heterocycles. The van der Waals surface area contributed by atoms with E-state index in [4.69, 9.17) is 24.7 Å². The van der Waals surface area contributed by atoms with Gasteiger partial charge in [0.15, 0.2) is 23.0 Å². The molecule has 174 valence electrons. The number of aromatic nitrogens is 5. The molecule has 1 aliphatic heterocycles. The van der Waals surface area contributed by atoms with Gasteiger partial charge in [0.2, 0.25) is 0 Å². The Morgan fingerprint density at radius 3 is 2.50 bits per heavy atom. The normalized spacial score (nSPS) is 23.0. The third-order valence-corrected chi connectivity index (χ3v) is 7.45. The summed E-state index contributed by atoms with van der Waals surface area (Å²) in [5.74, 6) is 0. The average molecular weight is 514 g/mol. The standard InChI is InChI=1S/C11H13N6O12P3/c1-16-10-9(7(4-12)14-16)13-15-17(11(10)18)8-3-2-6(27-8)5-26-31(22,23)29-32(24,25)28-30(19,20)21/h2-3,6,8H,5H2,1H3,(H,22,23)(H,24,25)(H2,19,20,21). The minimum Gasteiger partial charge on any atom is -0.350 e. The summed E-state index contributed by atoms with van der Waals surface area (Å²) < 4.78 is 52.7. The van der Waals surface area contributed by atoms with E-state index in [1.54, 1.807) is 6.07 Å². The first-order chi connectivity index (χ1) is 14.7. The van der Waals surface area contributed by atoms with E-state index >= 15 is 0 Å². The van der Waals surface area contributed by atoms with Crippen molar-refractivity contribution in [2.24, 2.45) is 7.05 Å². The van der Waals surface area contributed by atoms with Gasteiger partial charge in [-0.15, -0.1) is 5.10 Å². The lowest BCUT2D eigenvalue weighted by molar-refractivity contribution is -0.0168. The highest BCUT2D eigenvalue weighted by molar-refractivity contribution is 7.66. The van der Waals surface area contributed by atoms with Gasteiger partial charge in [0.05, 0.1) is 12.7 Å². The van der Waals surface area contributed by atoms with E-state index < -0.39 is 48.0 Å². The summed E-state index contributed by atoms with van der Waals surface area (Å²) >= 11 is 0. The Balaban J connectivity index is 1.66. The monoisotopic (exact) mass is 514 g/mol. The van der Waals surface area contributed by atoms with E-state index in [0.717, 1.165) is 9.36 Å². The van der Waals surface area contributed by atoms with Crippen molar-refractivity contribution in [2.45, 2.75) is 12.3 Å². The molecule has 21 heteroatoms. The molecule has 4 unspecified atom stereocenters. The topological polar surface area (TPSA) is 258 Å². The molecule has 0 spiro atoms. The zero-order valence-corrected chi connectivity index (χ0v) is 18.3. The first-order valence-electron chi connectivity index (χ1n) is 8.06. The summed E-state index contributed by atoms with van der Waals surface area (Å²) in [6, 6.07) is 1.78. The predicted octanol–water partition coefficient (Wildman–Crippen LogP) is -0.954. The largest absolute Gasteiger partial charge is 0.490 e. The number of hydrogen-bond donors (Lipinski definition) is 4. The van der Waals surface area contributed by atoms with Crippen LogP contribution in [0, 0.1) is 24.2 Å². The fourth-order valence-corrected chi connectivity index (χ4v) is 5.55. The second-order valence-electron chi connectivity index (χ2n) is 5.96. The summed E-state index contributed by atoms with van der Waals surface area (Å²) in [6.07, 6.45) is 0.427. The minimum atomic E-state index is -5.65. The maximum Gasteiger partial charge on any atom is 0.490 e. The van der Waals surface area contributed by atoms with E-state index in [0.29, 0.717) is 0 Å². The van der Waals surface area contributed by atoms with Gasteiger partial charge in [-0.25, -0.2) is 13.7 Å². The van der Waals surface area contributed by atoms with Crippen LogP contribution in [0.1, 0.15) is 11.9 Å². The van der Waals surface area contributed by atoms with Gasteiger partial charge in [-0.1, -0.05) is 5.21 Å². The van der Waals surface area contributed by atoms with Gasteiger partial charge in [-0.2, -0.15) is 23.7 Å². The summed E-state index contributed by atoms with van der Waals surface area (Å²) in [5, 5.41) is 20.3.